The predicted octanol–water partition coefficient (Wildman–Crippen LogP) is 0.535. The van der Waals surface area contributed by atoms with Gasteiger partial charge in [-0.2, -0.15) is 5.10 Å². The molecule has 2 N–H and O–H groups in total. The van der Waals surface area contributed by atoms with Gasteiger partial charge in [-0.1, -0.05) is 6.07 Å². The summed E-state index contributed by atoms with van der Waals surface area (Å²) in [6.07, 6.45) is 4.86. The van der Waals surface area contributed by atoms with E-state index in [0.717, 1.165) is 5.69 Å². The van der Waals surface area contributed by atoms with E-state index in [2.05, 4.69) is 10.1 Å². The second-order valence-corrected chi connectivity index (χ2v) is 4.60. The van der Waals surface area contributed by atoms with Crippen LogP contribution in [0.1, 0.15) is 5.69 Å². The molecule has 2 aromatic rings. The zero-order valence-corrected chi connectivity index (χ0v) is 12.0. The lowest BCUT2D eigenvalue weighted by Gasteiger charge is -2.22. The third-order valence-corrected chi connectivity index (χ3v) is 2.95. The van der Waals surface area contributed by atoms with E-state index in [9.17, 15) is 4.79 Å². The topological polar surface area (TPSA) is 86.3 Å². The number of nitrogens with zero attached hydrogens (tertiary/aromatic N) is 4. The molecule has 2 aromatic heterocycles. The number of methoxy groups -OCH3 is 1. The Morgan fingerprint density at radius 2 is 2.33 bits per heavy atom. The quantitative estimate of drug-likeness (QED) is 0.803. The molecule has 0 aliphatic rings. The van der Waals surface area contributed by atoms with Gasteiger partial charge >= 0.3 is 0 Å². The molecule has 0 spiro atoms. The van der Waals surface area contributed by atoms with E-state index in [1.807, 2.05) is 18.2 Å². The number of hydrogen-bond donors (Lipinski definition) is 1. The van der Waals surface area contributed by atoms with E-state index in [0.29, 0.717) is 25.4 Å². The zero-order chi connectivity index (χ0) is 15.1. The van der Waals surface area contributed by atoms with E-state index in [1.54, 1.807) is 24.4 Å². The number of rotatable bonds is 7. The molecule has 7 nitrogen and oxygen atoms in total. The third-order valence-electron chi connectivity index (χ3n) is 2.95. The minimum Gasteiger partial charge on any atom is -0.396 e. The highest BCUT2D eigenvalue weighted by Crippen LogP contribution is 2.04. The first kappa shape index (κ1) is 15.0. The monoisotopic (exact) mass is 289 g/mol. The van der Waals surface area contributed by atoms with Crippen LogP contribution in [0.15, 0.2) is 36.8 Å². The fraction of sp³-hybridized carbons (Fsp3) is 0.357. The molecule has 2 heterocycles. The molecule has 0 saturated heterocycles. The fourth-order valence-corrected chi connectivity index (χ4v) is 1.89. The first-order valence-electron chi connectivity index (χ1n) is 6.63. The van der Waals surface area contributed by atoms with Crippen LogP contribution in [0.25, 0.3) is 0 Å². The number of aromatic nitrogens is 3. The maximum atomic E-state index is 12.4. The molecule has 0 fully saturated rings. The van der Waals surface area contributed by atoms with Crippen molar-refractivity contribution in [3.05, 3.63) is 42.5 Å². The Morgan fingerprint density at radius 1 is 1.48 bits per heavy atom. The Kier molecular flexibility index (Phi) is 5.28. The van der Waals surface area contributed by atoms with Crippen molar-refractivity contribution in [2.24, 2.45) is 0 Å². The van der Waals surface area contributed by atoms with Crippen molar-refractivity contribution in [3.8, 4) is 0 Å². The fourth-order valence-electron chi connectivity index (χ4n) is 1.89. The van der Waals surface area contributed by atoms with Gasteiger partial charge in [-0.3, -0.25) is 14.5 Å². The van der Waals surface area contributed by atoms with Crippen LogP contribution in [-0.2, 0) is 22.6 Å². The van der Waals surface area contributed by atoms with Crippen LogP contribution >= 0.6 is 0 Å². The van der Waals surface area contributed by atoms with Gasteiger partial charge in [0.15, 0.2) is 0 Å². The minimum atomic E-state index is -0.0548. The molecule has 0 aliphatic heterocycles. The molecule has 0 aromatic carbocycles. The highest BCUT2D eigenvalue weighted by Gasteiger charge is 2.15. The van der Waals surface area contributed by atoms with Crippen molar-refractivity contribution >= 4 is 11.6 Å². The van der Waals surface area contributed by atoms with E-state index in [1.165, 1.54) is 10.9 Å². The number of amides is 1. The molecular weight excluding hydrogens is 270 g/mol. The minimum absolute atomic E-state index is 0.0548. The lowest BCUT2D eigenvalue weighted by molar-refractivity contribution is -0.133. The van der Waals surface area contributed by atoms with Crippen molar-refractivity contribution in [3.63, 3.8) is 0 Å². The average molecular weight is 289 g/mol. The molecule has 0 saturated carbocycles. The molecule has 112 valence electrons. The summed E-state index contributed by atoms with van der Waals surface area (Å²) in [5, 5.41) is 4.02. The standard InChI is InChI=1S/C14H19N5O2/c1-21-7-6-18(10-13-4-2-3-5-16-13)14(20)11-19-9-12(15)8-17-19/h2-5,8-9H,6-7,10-11,15H2,1H3. The first-order chi connectivity index (χ1) is 10.2. The second-order valence-electron chi connectivity index (χ2n) is 4.60. The maximum absolute atomic E-state index is 12.4. The molecule has 1 amide bonds. The smallest absolute Gasteiger partial charge is 0.244 e. The molecule has 21 heavy (non-hydrogen) atoms. The van der Waals surface area contributed by atoms with Crippen LogP contribution in [-0.4, -0.2) is 45.8 Å². The Balaban J connectivity index is 2.02. The Labute approximate surface area is 123 Å². The number of ether oxygens (including phenoxy) is 1. The van der Waals surface area contributed by atoms with Crippen LogP contribution in [0, 0.1) is 0 Å². The first-order valence-corrected chi connectivity index (χ1v) is 6.63. The predicted molar refractivity (Wildman–Crippen MR) is 78.2 cm³/mol. The third kappa shape index (κ3) is 4.57. The van der Waals surface area contributed by atoms with Crippen molar-refractivity contribution in [1.82, 2.24) is 19.7 Å². The van der Waals surface area contributed by atoms with Crippen LogP contribution in [0.5, 0.6) is 0 Å². The number of nitrogen functional groups attached to an aromatic ring is 1. The van der Waals surface area contributed by atoms with E-state index >= 15 is 0 Å². The molecule has 0 aliphatic carbocycles. The van der Waals surface area contributed by atoms with Gasteiger partial charge in [0.1, 0.15) is 6.54 Å². The van der Waals surface area contributed by atoms with Crippen molar-refractivity contribution in [2.75, 3.05) is 26.0 Å². The normalized spacial score (nSPS) is 10.5. The molecule has 2 rings (SSSR count). The lowest BCUT2D eigenvalue weighted by Crippen LogP contribution is -2.36. The number of pyridine rings is 1. The van der Waals surface area contributed by atoms with Gasteiger partial charge in [0.25, 0.3) is 0 Å². The van der Waals surface area contributed by atoms with Gasteiger partial charge in [0, 0.05) is 26.0 Å². The number of carbonyl (C=O) groups excluding carboxylic acids is 1. The number of anilines is 1. The van der Waals surface area contributed by atoms with E-state index < -0.39 is 0 Å². The summed E-state index contributed by atoms with van der Waals surface area (Å²) >= 11 is 0. The second kappa shape index (κ2) is 7.39. The highest BCUT2D eigenvalue weighted by molar-refractivity contribution is 5.76. The maximum Gasteiger partial charge on any atom is 0.244 e. The van der Waals surface area contributed by atoms with Crippen LogP contribution in [0.3, 0.4) is 0 Å². The van der Waals surface area contributed by atoms with Gasteiger partial charge in [-0.25, -0.2) is 0 Å². The summed E-state index contributed by atoms with van der Waals surface area (Å²) in [5.41, 5.74) is 6.97. The lowest BCUT2D eigenvalue weighted by atomic mass is 10.3. The summed E-state index contributed by atoms with van der Waals surface area (Å²) in [7, 11) is 1.61. The number of nitrogens with two attached hydrogens (primary N) is 1. The summed E-state index contributed by atoms with van der Waals surface area (Å²) in [6.45, 7) is 1.57. The van der Waals surface area contributed by atoms with Gasteiger partial charge < -0.3 is 15.4 Å². The summed E-state index contributed by atoms with van der Waals surface area (Å²) in [4.78, 5) is 18.3. The summed E-state index contributed by atoms with van der Waals surface area (Å²) in [5.74, 6) is -0.0548. The number of hydrogen-bond acceptors (Lipinski definition) is 5. The molecule has 0 radical (unpaired) electrons. The van der Waals surface area contributed by atoms with Crippen LogP contribution < -0.4 is 5.73 Å². The number of carbonyl (C=O) groups is 1. The Bertz CT molecular complexity index is 570. The summed E-state index contributed by atoms with van der Waals surface area (Å²) < 4.78 is 6.58. The van der Waals surface area contributed by atoms with Gasteiger partial charge in [-0.05, 0) is 12.1 Å². The molecule has 0 bridgehead atoms. The largest absolute Gasteiger partial charge is 0.396 e. The van der Waals surface area contributed by atoms with Crippen molar-refractivity contribution in [2.45, 2.75) is 13.1 Å². The van der Waals surface area contributed by atoms with E-state index in [4.69, 9.17) is 10.5 Å². The SMILES string of the molecule is COCCN(Cc1ccccn1)C(=O)Cn1cc(N)cn1. The average Bonchev–Trinajstić information content (AvgIpc) is 2.89. The molecule has 0 unspecified atom stereocenters. The van der Waals surface area contributed by atoms with Crippen LogP contribution in [0.4, 0.5) is 5.69 Å². The highest BCUT2D eigenvalue weighted by atomic mass is 16.5. The Morgan fingerprint density at radius 3 is 2.95 bits per heavy atom. The van der Waals surface area contributed by atoms with Crippen molar-refractivity contribution in [1.29, 1.82) is 0 Å². The molecule has 7 heteroatoms. The Hall–Kier alpha value is -2.41. The van der Waals surface area contributed by atoms with Gasteiger partial charge in [0.05, 0.1) is 30.7 Å². The molecular formula is C14H19N5O2. The summed E-state index contributed by atoms with van der Waals surface area (Å²) in [6, 6.07) is 5.63. The van der Waals surface area contributed by atoms with Crippen LogP contribution in [0.2, 0.25) is 0 Å². The van der Waals surface area contributed by atoms with E-state index in [-0.39, 0.29) is 12.5 Å². The van der Waals surface area contributed by atoms with Crippen molar-refractivity contribution < 1.29 is 9.53 Å². The molecule has 0 atom stereocenters. The van der Waals surface area contributed by atoms with Gasteiger partial charge in [-0.15, -0.1) is 0 Å². The zero-order valence-electron chi connectivity index (χ0n) is 12.0. The van der Waals surface area contributed by atoms with Gasteiger partial charge in [0.2, 0.25) is 5.91 Å².